The number of likely N-dealkylation sites (tertiary alicyclic amines) is 1. The predicted octanol–water partition coefficient (Wildman–Crippen LogP) is -3.25. The Kier molecular flexibility index (Phi) is 7.93. The molecule has 26 heavy (non-hydrogen) atoms. The van der Waals surface area contributed by atoms with Gasteiger partial charge >= 0.3 is 5.97 Å². The second-order valence-electron chi connectivity index (χ2n) is 6.27. The van der Waals surface area contributed by atoms with E-state index >= 15 is 0 Å². The van der Waals surface area contributed by atoms with E-state index in [-0.39, 0.29) is 6.54 Å². The molecule has 5 atom stereocenters. The lowest BCUT2D eigenvalue weighted by molar-refractivity contribution is -0.145. The summed E-state index contributed by atoms with van der Waals surface area (Å²) in [6, 6.07) is -4.60. The van der Waals surface area contributed by atoms with Crippen molar-refractivity contribution in [3.05, 3.63) is 0 Å². The van der Waals surface area contributed by atoms with E-state index in [1.165, 1.54) is 18.7 Å². The molecule has 1 aliphatic heterocycles. The molecule has 11 heteroatoms. The number of aliphatic hydroxyl groups is 2. The molecular weight excluding hydrogens is 348 g/mol. The Bertz CT molecular complexity index is 554. The monoisotopic (exact) mass is 374 g/mol. The molecule has 0 saturated carbocycles. The Morgan fingerprint density at radius 1 is 1.23 bits per heavy atom. The van der Waals surface area contributed by atoms with Crippen molar-refractivity contribution in [3.63, 3.8) is 0 Å². The summed E-state index contributed by atoms with van der Waals surface area (Å²) in [5.74, 6) is -3.32. The minimum Gasteiger partial charge on any atom is -0.480 e. The molecule has 148 valence electrons. The Morgan fingerprint density at radius 3 is 2.35 bits per heavy atom. The number of rotatable bonds is 8. The van der Waals surface area contributed by atoms with Gasteiger partial charge in [0, 0.05) is 6.54 Å². The van der Waals surface area contributed by atoms with Gasteiger partial charge in [0.2, 0.25) is 17.7 Å². The zero-order valence-corrected chi connectivity index (χ0v) is 14.7. The number of carbonyl (C=O) groups excluding carboxylic acids is 3. The second kappa shape index (κ2) is 9.46. The number of aliphatic hydroxyl groups excluding tert-OH is 2. The molecule has 7 N–H and O–H groups in total. The first-order valence-electron chi connectivity index (χ1n) is 8.28. The van der Waals surface area contributed by atoms with Gasteiger partial charge in [0.15, 0.2) is 0 Å². The van der Waals surface area contributed by atoms with Gasteiger partial charge < -0.3 is 36.6 Å². The number of nitrogens with one attached hydrogen (secondary N) is 2. The quantitative estimate of drug-likeness (QED) is 0.256. The zero-order valence-electron chi connectivity index (χ0n) is 14.7. The van der Waals surface area contributed by atoms with Crippen LogP contribution < -0.4 is 16.4 Å². The summed E-state index contributed by atoms with van der Waals surface area (Å²) in [5, 5.41) is 32.2. The topological polar surface area (TPSA) is 182 Å². The van der Waals surface area contributed by atoms with Crippen LogP contribution in [0.4, 0.5) is 0 Å². The van der Waals surface area contributed by atoms with E-state index in [4.69, 9.17) is 10.8 Å². The van der Waals surface area contributed by atoms with Crippen LogP contribution >= 0.6 is 0 Å². The van der Waals surface area contributed by atoms with Crippen molar-refractivity contribution in [2.24, 2.45) is 5.73 Å². The molecule has 0 radical (unpaired) electrons. The van der Waals surface area contributed by atoms with E-state index in [1.54, 1.807) is 0 Å². The Morgan fingerprint density at radius 2 is 1.85 bits per heavy atom. The number of hydrogen-bond acceptors (Lipinski definition) is 7. The van der Waals surface area contributed by atoms with Crippen molar-refractivity contribution < 1.29 is 34.5 Å². The highest BCUT2D eigenvalue weighted by molar-refractivity contribution is 5.94. The molecule has 0 aromatic carbocycles. The number of hydrogen-bond donors (Lipinski definition) is 6. The number of amides is 3. The lowest BCUT2D eigenvalue weighted by Gasteiger charge is -2.29. The third-order valence-electron chi connectivity index (χ3n) is 4.19. The van der Waals surface area contributed by atoms with Gasteiger partial charge in [0.05, 0.1) is 12.7 Å². The fourth-order valence-corrected chi connectivity index (χ4v) is 2.55. The van der Waals surface area contributed by atoms with Crippen LogP contribution in [0.5, 0.6) is 0 Å². The van der Waals surface area contributed by atoms with Crippen LogP contribution in [0.15, 0.2) is 0 Å². The molecule has 0 aliphatic carbocycles. The first-order valence-corrected chi connectivity index (χ1v) is 8.28. The molecular formula is C15H26N4O7. The summed E-state index contributed by atoms with van der Waals surface area (Å²) in [7, 11) is 0. The number of nitrogens with two attached hydrogens (primary N) is 1. The Hall–Kier alpha value is -2.24. The molecule has 0 aromatic rings. The van der Waals surface area contributed by atoms with Crippen molar-refractivity contribution in [1.29, 1.82) is 0 Å². The van der Waals surface area contributed by atoms with Crippen LogP contribution in [0.2, 0.25) is 0 Å². The summed E-state index contributed by atoms with van der Waals surface area (Å²) in [6.45, 7) is 2.13. The maximum absolute atomic E-state index is 12.6. The molecule has 1 fully saturated rings. The number of aliphatic carboxylic acids is 1. The fourth-order valence-electron chi connectivity index (χ4n) is 2.55. The van der Waals surface area contributed by atoms with Crippen molar-refractivity contribution in [2.75, 3.05) is 13.2 Å². The van der Waals surface area contributed by atoms with Gasteiger partial charge in [-0.25, -0.2) is 0 Å². The number of nitrogens with zero attached hydrogens (tertiary/aromatic N) is 1. The normalized spacial score (nSPS) is 21.4. The van der Waals surface area contributed by atoms with Crippen molar-refractivity contribution >= 4 is 23.7 Å². The van der Waals surface area contributed by atoms with Gasteiger partial charge in [0.25, 0.3) is 0 Å². The minimum absolute atomic E-state index is 0.229. The number of carboxylic acids is 1. The van der Waals surface area contributed by atoms with Gasteiger partial charge in [-0.2, -0.15) is 0 Å². The van der Waals surface area contributed by atoms with Crippen LogP contribution in [0, 0.1) is 0 Å². The van der Waals surface area contributed by atoms with E-state index in [0.29, 0.717) is 12.8 Å². The Labute approximate surface area is 150 Å². The maximum atomic E-state index is 12.6. The SMILES string of the molecule is CC(NC(=O)C1CCCN1C(=O)C(CO)NC(=O)C(N)C(C)O)C(=O)O. The summed E-state index contributed by atoms with van der Waals surface area (Å²) in [4.78, 5) is 48.8. The third kappa shape index (κ3) is 5.38. The van der Waals surface area contributed by atoms with E-state index in [2.05, 4.69) is 10.6 Å². The number of carboxylic acid groups (broad SMARTS) is 1. The zero-order chi connectivity index (χ0) is 20.0. The molecule has 1 aliphatic rings. The standard InChI is InChI=1S/C15H26N4O7/c1-7(15(25)26)17-12(22)10-4-3-5-19(10)14(24)9(6-20)18-13(23)11(16)8(2)21/h7-11,20-21H,3-6,16H2,1-2H3,(H,17,22)(H,18,23)(H,25,26). The van der Waals surface area contributed by atoms with E-state index in [1.807, 2.05) is 0 Å². The molecule has 5 unspecified atom stereocenters. The van der Waals surface area contributed by atoms with Gasteiger partial charge in [-0.15, -0.1) is 0 Å². The smallest absolute Gasteiger partial charge is 0.325 e. The summed E-state index contributed by atoms with van der Waals surface area (Å²) < 4.78 is 0. The fraction of sp³-hybridized carbons (Fsp3) is 0.733. The van der Waals surface area contributed by atoms with Crippen LogP contribution in [-0.4, -0.2) is 87.3 Å². The molecule has 0 bridgehead atoms. The van der Waals surface area contributed by atoms with Crippen LogP contribution in [0.1, 0.15) is 26.7 Å². The largest absolute Gasteiger partial charge is 0.480 e. The van der Waals surface area contributed by atoms with Crippen LogP contribution in [0.3, 0.4) is 0 Å². The van der Waals surface area contributed by atoms with Crippen LogP contribution in [-0.2, 0) is 19.2 Å². The van der Waals surface area contributed by atoms with E-state index < -0.39 is 60.6 Å². The number of carbonyl (C=O) groups is 4. The lowest BCUT2D eigenvalue weighted by atomic mass is 10.1. The third-order valence-corrected chi connectivity index (χ3v) is 4.19. The molecule has 11 nitrogen and oxygen atoms in total. The van der Waals surface area contributed by atoms with E-state index in [9.17, 15) is 29.4 Å². The van der Waals surface area contributed by atoms with Gasteiger partial charge in [0.1, 0.15) is 24.2 Å². The molecule has 1 saturated heterocycles. The highest BCUT2D eigenvalue weighted by atomic mass is 16.4. The molecule has 0 aromatic heterocycles. The van der Waals surface area contributed by atoms with Gasteiger partial charge in [-0.3, -0.25) is 19.2 Å². The van der Waals surface area contributed by atoms with Crippen LogP contribution in [0.25, 0.3) is 0 Å². The molecule has 3 amide bonds. The van der Waals surface area contributed by atoms with Crippen molar-refractivity contribution in [2.45, 2.75) is 57.0 Å². The van der Waals surface area contributed by atoms with Gasteiger partial charge in [-0.1, -0.05) is 0 Å². The van der Waals surface area contributed by atoms with Gasteiger partial charge in [-0.05, 0) is 26.7 Å². The summed E-state index contributed by atoms with van der Waals surface area (Å²) in [6.07, 6.45) is -0.291. The van der Waals surface area contributed by atoms with E-state index in [0.717, 1.165) is 0 Å². The predicted molar refractivity (Wildman–Crippen MR) is 88.6 cm³/mol. The molecule has 1 heterocycles. The first-order chi connectivity index (χ1) is 12.1. The molecule has 1 rings (SSSR count). The maximum Gasteiger partial charge on any atom is 0.325 e. The van der Waals surface area contributed by atoms with Crippen molar-refractivity contribution in [1.82, 2.24) is 15.5 Å². The highest BCUT2D eigenvalue weighted by Crippen LogP contribution is 2.19. The molecule has 0 spiro atoms. The average molecular weight is 374 g/mol. The minimum atomic E-state index is -1.32. The highest BCUT2D eigenvalue weighted by Gasteiger charge is 2.38. The second-order valence-corrected chi connectivity index (χ2v) is 6.27. The first kappa shape index (κ1) is 21.8. The summed E-state index contributed by atoms with van der Waals surface area (Å²) in [5.41, 5.74) is 5.49. The Balaban J connectivity index is 2.79. The van der Waals surface area contributed by atoms with Crippen molar-refractivity contribution in [3.8, 4) is 0 Å². The lowest BCUT2D eigenvalue weighted by Crippen LogP contribution is -2.58. The average Bonchev–Trinajstić information content (AvgIpc) is 3.07. The summed E-state index contributed by atoms with van der Waals surface area (Å²) >= 11 is 0.